The van der Waals surface area contributed by atoms with Crippen molar-refractivity contribution in [2.24, 2.45) is 0 Å². The third-order valence-electron chi connectivity index (χ3n) is 7.01. The van der Waals surface area contributed by atoms with Gasteiger partial charge in [-0.05, 0) is 52.8 Å². The van der Waals surface area contributed by atoms with Crippen molar-refractivity contribution in [3.05, 3.63) is 89.5 Å². The Bertz CT molecular complexity index is 1270. The van der Waals surface area contributed by atoms with Crippen LogP contribution in [0.1, 0.15) is 35.4 Å². The molecule has 0 spiro atoms. The van der Waals surface area contributed by atoms with Gasteiger partial charge in [0.05, 0.1) is 6.42 Å². The predicted molar refractivity (Wildman–Crippen MR) is 131 cm³/mol. The van der Waals surface area contributed by atoms with Gasteiger partial charge in [-0.15, -0.1) is 0 Å². The SMILES string of the molecule is CN(C(=O)Cc1cccc(NC(=O)OCC2c3ccccc3-c3ccccc32)c1)C1(C(=O)O)CC1. The lowest BCUT2D eigenvalue weighted by molar-refractivity contribution is -0.150. The lowest BCUT2D eigenvalue weighted by Crippen LogP contribution is -2.45. The Hall–Kier alpha value is -4.13. The van der Waals surface area contributed by atoms with Gasteiger partial charge in [0.15, 0.2) is 0 Å². The zero-order valence-corrected chi connectivity index (χ0v) is 19.4. The van der Waals surface area contributed by atoms with Gasteiger partial charge in [0.2, 0.25) is 5.91 Å². The maximum Gasteiger partial charge on any atom is 0.411 e. The fraction of sp³-hybridized carbons (Fsp3) is 0.250. The van der Waals surface area contributed by atoms with Crippen LogP contribution in [0.4, 0.5) is 10.5 Å². The molecule has 0 saturated heterocycles. The Kier molecular flexibility index (Phi) is 5.76. The summed E-state index contributed by atoms with van der Waals surface area (Å²) >= 11 is 0. The molecule has 5 rings (SSSR count). The Balaban J connectivity index is 1.21. The summed E-state index contributed by atoms with van der Waals surface area (Å²) in [7, 11) is 1.53. The Morgan fingerprint density at radius 1 is 0.971 bits per heavy atom. The molecule has 178 valence electrons. The highest BCUT2D eigenvalue weighted by Gasteiger charge is 2.55. The lowest BCUT2D eigenvalue weighted by atomic mass is 9.98. The minimum atomic E-state index is -1.08. The third kappa shape index (κ3) is 4.25. The largest absolute Gasteiger partial charge is 0.479 e. The summed E-state index contributed by atoms with van der Waals surface area (Å²) in [6.07, 6.45) is 0.406. The number of hydrogen-bond donors (Lipinski definition) is 2. The number of carboxylic acid groups (broad SMARTS) is 1. The van der Waals surface area contributed by atoms with Crippen LogP contribution in [0.2, 0.25) is 0 Å². The van der Waals surface area contributed by atoms with Gasteiger partial charge >= 0.3 is 12.1 Å². The quantitative estimate of drug-likeness (QED) is 0.523. The van der Waals surface area contributed by atoms with E-state index in [0.717, 1.165) is 22.3 Å². The van der Waals surface area contributed by atoms with Crippen molar-refractivity contribution in [2.75, 3.05) is 19.0 Å². The lowest BCUT2D eigenvalue weighted by Gasteiger charge is -2.24. The summed E-state index contributed by atoms with van der Waals surface area (Å²) < 4.78 is 5.59. The highest BCUT2D eigenvalue weighted by Crippen LogP contribution is 2.44. The molecule has 0 aromatic heterocycles. The molecule has 7 nitrogen and oxygen atoms in total. The molecule has 0 aliphatic heterocycles. The van der Waals surface area contributed by atoms with Crippen molar-refractivity contribution in [1.82, 2.24) is 4.90 Å². The van der Waals surface area contributed by atoms with Crippen molar-refractivity contribution < 1.29 is 24.2 Å². The maximum absolute atomic E-state index is 12.6. The monoisotopic (exact) mass is 470 g/mol. The van der Waals surface area contributed by atoms with E-state index in [4.69, 9.17) is 4.74 Å². The molecule has 0 heterocycles. The van der Waals surface area contributed by atoms with Crippen molar-refractivity contribution in [3.8, 4) is 11.1 Å². The van der Waals surface area contributed by atoms with Crippen LogP contribution in [-0.2, 0) is 20.7 Å². The average Bonchev–Trinajstić information content (AvgIpc) is 3.61. The standard InChI is InChI=1S/C28H26N2O5/c1-30(28(13-14-28)26(32)33)25(31)16-18-7-6-8-19(15-18)29-27(34)35-17-24-22-11-4-2-9-20(22)21-10-3-5-12-23(21)24/h2-12,15,24H,13-14,16-17H2,1H3,(H,29,34)(H,32,33). The van der Waals surface area contributed by atoms with Gasteiger partial charge < -0.3 is 14.7 Å². The summed E-state index contributed by atoms with van der Waals surface area (Å²) in [5.41, 5.74) is 4.72. The molecule has 2 N–H and O–H groups in total. The van der Waals surface area contributed by atoms with Crippen LogP contribution in [0.15, 0.2) is 72.8 Å². The van der Waals surface area contributed by atoms with Crippen molar-refractivity contribution in [3.63, 3.8) is 0 Å². The number of amides is 2. The van der Waals surface area contributed by atoms with Crippen molar-refractivity contribution >= 4 is 23.7 Å². The molecule has 2 amide bonds. The molecule has 7 heteroatoms. The van der Waals surface area contributed by atoms with Gasteiger partial charge in [-0.3, -0.25) is 10.1 Å². The van der Waals surface area contributed by atoms with E-state index in [9.17, 15) is 19.5 Å². The number of rotatable bonds is 7. The highest BCUT2D eigenvalue weighted by atomic mass is 16.5. The molecular weight excluding hydrogens is 444 g/mol. The van der Waals surface area contributed by atoms with Crippen LogP contribution in [0.3, 0.4) is 0 Å². The van der Waals surface area contributed by atoms with E-state index in [1.807, 2.05) is 24.3 Å². The minimum Gasteiger partial charge on any atom is -0.479 e. The summed E-state index contributed by atoms with van der Waals surface area (Å²) in [5.74, 6) is -1.28. The number of ether oxygens (including phenoxy) is 1. The first-order valence-corrected chi connectivity index (χ1v) is 11.6. The summed E-state index contributed by atoms with van der Waals surface area (Å²) in [4.78, 5) is 38.0. The van der Waals surface area contributed by atoms with E-state index in [1.165, 1.54) is 11.9 Å². The summed E-state index contributed by atoms with van der Waals surface area (Å²) in [6, 6.07) is 23.2. The Labute approximate surface area is 203 Å². The van der Waals surface area contributed by atoms with Gasteiger partial charge in [0.25, 0.3) is 0 Å². The minimum absolute atomic E-state index is 0.0309. The summed E-state index contributed by atoms with van der Waals surface area (Å²) in [6.45, 7) is 0.208. The number of benzene rings is 3. The number of anilines is 1. The molecule has 1 fully saturated rings. The van der Waals surface area contributed by atoms with E-state index in [-0.39, 0.29) is 24.9 Å². The van der Waals surface area contributed by atoms with Crippen LogP contribution in [0.5, 0.6) is 0 Å². The van der Waals surface area contributed by atoms with Gasteiger partial charge in [0, 0.05) is 18.7 Å². The summed E-state index contributed by atoms with van der Waals surface area (Å²) in [5, 5.41) is 12.2. The second-order valence-corrected chi connectivity index (χ2v) is 9.12. The number of carbonyl (C=O) groups is 3. The average molecular weight is 471 g/mol. The molecule has 0 atom stereocenters. The number of nitrogens with zero attached hydrogens (tertiary/aromatic N) is 1. The van der Waals surface area contributed by atoms with Gasteiger partial charge in [0.1, 0.15) is 12.1 Å². The van der Waals surface area contributed by atoms with Crippen LogP contribution >= 0.6 is 0 Å². The smallest absolute Gasteiger partial charge is 0.411 e. The maximum atomic E-state index is 12.6. The first-order chi connectivity index (χ1) is 16.9. The number of hydrogen-bond acceptors (Lipinski definition) is 4. The van der Waals surface area contributed by atoms with E-state index >= 15 is 0 Å². The Morgan fingerprint density at radius 3 is 2.20 bits per heavy atom. The highest BCUT2D eigenvalue weighted by molar-refractivity contribution is 5.90. The van der Waals surface area contributed by atoms with Gasteiger partial charge in [-0.25, -0.2) is 9.59 Å². The molecule has 0 unspecified atom stereocenters. The zero-order valence-electron chi connectivity index (χ0n) is 19.4. The van der Waals surface area contributed by atoms with E-state index < -0.39 is 17.6 Å². The van der Waals surface area contributed by atoms with Crippen LogP contribution in [-0.4, -0.2) is 47.2 Å². The zero-order chi connectivity index (χ0) is 24.6. The molecule has 35 heavy (non-hydrogen) atoms. The number of aliphatic carboxylic acids is 1. The molecule has 2 aliphatic rings. The molecule has 3 aromatic carbocycles. The first kappa shape index (κ1) is 22.7. The second-order valence-electron chi connectivity index (χ2n) is 9.12. The second kappa shape index (κ2) is 8.91. The Morgan fingerprint density at radius 2 is 1.60 bits per heavy atom. The number of likely N-dealkylation sites (N-methyl/N-ethyl adjacent to an activating group) is 1. The van der Waals surface area contributed by atoms with E-state index in [1.54, 1.807) is 24.3 Å². The predicted octanol–water partition coefficient (Wildman–Crippen LogP) is 4.67. The number of carbonyl (C=O) groups excluding carboxylic acids is 2. The molecule has 0 radical (unpaired) electrons. The fourth-order valence-corrected chi connectivity index (χ4v) is 4.85. The molecular formula is C28H26N2O5. The van der Waals surface area contributed by atoms with Gasteiger partial charge in [-0.2, -0.15) is 0 Å². The van der Waals surface area contributed by atoms with E-state index in [0.29, 0.717) is 24.1 Å². The first-order valence-electron chi connectivity index (χ1n) is 11.6. The number of nitrogens with one attached hydrogen (secondary N) is 1. The normalized spacial score (nSPS) is 15.0. The molecule has 1 saturated carbocycles. The molecule has 3 aromatic rings. The van der Waals surface area contributed by atoms with Gasteiger partial charge in [-0.1, -0.05) is 60.7 Å². The van der Waals surface area contributed by atoms with Crippen LogP contribution in [0, 0.1) is 0 Å². The van der Waals surface area contributed by atoms with E-state index in [2.05, 4.69) is 29.6 Å². The third-order valence-corrected chi connectivity index (χ3v) is 7.01. The number of carboxylic acids is 1. The van der Waals surface area contributed by atoms with Crippen LogP contribution < -0.4 is 5.32 Å². The van der Waals surface area contributed by atoms with Crippen molar-refractivity contribution in [2.45, 2.75) is 30.7 Å². The number of fused-ring (bicyclic) bond motifs is 3. The van der Waals surface area contributed by atoms with Crippen molar-refractivity contribution in [1.29, 1.82) is 0 Å². The fourth-order valence-electron chi connectivity index (χ4n) is 4.85. The topological polar surface area (TPSA) is 95.9 Å². The molecule has 0 bridgehead atoms. The molecule has 2 aliphatic carbocycles. The van der Waals surface area contributed by atoms with Crippen LogP contribution in [0.25, 0.3) is 11.1 Å².